The molecule has 0 N–H and O–H groups in total. The molecule has 15 heavy (non-hydrogen) atoms. The van der Waals surface area contributed by atoms with E-state index in [-0.39, 0.29) is 5.78 Å². The Labute approximate surface area is 88.4 Å². The molecule has 0 spiro atoms. The highest BCUT2D eigenvalue weighted by Crippen LogP contribution is 2.01. The van der Waals surface area contributed by atoms with E-state index < -0.39 is 0 Å². The third kappa shape index (κ3) is 2.77. The zero-order valence-corrected chi connectivity index (χ0v) is 8.34. The molecule has 0 radical (unpaired) electrons. The molecule has 3 heteroatoms. The van der Waals surface area contributed by atoms with Crippen molar-refractivity contribution in [2.45, 2.75) is 13.0 Å². The first-order chi connectivity index (χ1) is 7.34. The molecule has 0 aliphatic carbocycles. The molecule has 1 heterocycles. The van der Waals surface area contributed by atoms with E-state index in [1.54, 1.807) is 17.1 Å². The van der Waals surface area contributed by atoms with Crippen molar-refractivity contribution >= 4 is 5.78 Å². The van der Waals surface area contributed by atoms with Crippen LogP contribution in [0.4, 0.5) is 0 Å². The van der Waals surface area contributed by atoms with Crippen molar-refractivity contribution in [3.63, 3.8) is 0 Å². The Bertz CT molecular complexity index is 420. The van der Waals surface area contributed by atoms with Gasteiger partial charge in [-0.1, -0.05) is 30.3 Å². The lowest BCUT2D eigenvalue weighted by Crippen LogP contribution is -2.12. The fourth-order valence-corrected chi connectivity index (χ4v) is 1.45. The molecular weight excluding hydrogens is 188 g/mol. The van der Waals surface area contributed by atoms with E-state index in [9.17, 15) is 4.79 Å². The van der Waals surface area contributed by atoms with E-state index in [4.69, 9.17) is 0 Å². The van der Waals surface area contributed by atoms with Crippen molar-refractivity contribution in [2.75, 3.05) is 0 Å². The minimum absolute atomic E-state index is 0.171. The first kappa shape index (κ1) is 9.65. The molecular formula is C12H12N2O. The van der Waals surface area contributed by atoms with Gasteiger partial charge in [-0.25, -0.2) is 0 Å². The first-order valence-electron chi connectivity index (χ1n) is 4.87. The van der Waals surface area contributed by atoms with Crippen LogP contribution < -0.4 is 0 Å². The molecule has 0 aliphatic heterocycles. The summed E-state index contributed by atoms with van der Waals surface area (Å²) in [7, 11) is 0. The van der Waals surface area contributed by atoms with Crippen molar-refractivity contribution in [2.24, 2.45) is 0 Å². The van der Waals surface area contributed by atoms with Crippen LogP contribution in [0.1, 0.15) is 5.56 Å². The average molecular weight is 200 g/mol. The van der Waals surface area contributed by atoms with Crippen LogP contribution in [0.2, 0.25) is 0 Å². The van der Waals surface area contributed by atoms with Gasteiger partial charge in [0.25, 0.3) is 0 Å². The quantitative estimate of drug-likeness (QED) is 0.752. The summed E-state index contributed by atoms with van der Waals surface area (Å²) in [5.74, 6) is 0.171. The topological polar surface area (TPSA) is 34.9 Å². The lowest BCUT2D eigenvalue weighted by atomic mass is 10.1. The number of aromatic nitrogens is 2. The van der Waals surface area contributed by atoms with Crippen LogP contribution in [0.5, 0.6) is 0 Å². The van der Waals surface area contributed by atoms with Gasteiger partial charge in [0.2, 0.25) is 0 Å². The Morgan fingerprint density at radius 2 is 2.00 bits per heavy atom. The van der Waals surface area contributed by atoms with Crippen LogP contribution >= 0.6 is 0 Å². The molecule has 0 aliphatic rings. The molecule has 0 atom stereocenters. The van der Waals surface area contributed by atoms with Gasteiger partial charge in [0.15, 0.2) is 5.78 Å². The second kappa shape index (κ2) is 4.55. The molecule has 2 aromatic rings. The molecule has 0 bridgehead atoms. The van der Waals surface area contributed by atoms with E-state index >= 15 is 0 Å². The van der Waals surface area contributed by atoms with Gasteiger partial charge in [-0.3, -0.25) is 9.48 Å². The fraction of sp³-hybridized carbons (Fsp3) is 0.167. The molecule has 0 saturated heterocycles. The van der Waals surface area contributed by atoms with Crippen molar-refractivity contribution in [3.8, 4) is 0 Å². The minimum Gasteiger partial charge on any atom is -0.297 e. The SMILES string of the molecule is O=C(Cc1ccccc1)Cn1cccn1. The molecule has 0 amide bonds. The smallest absolute Gasteiger partial charge is 0.158 e. The van der Waals surface area contributed by atoms with Crippen LogP contribution in [-0.4, -0.2) is 15.6 Å². The minimum atomic E-state index is 0.171. The van der Waals surface area contributed by atoms with Crippen LogP contribution in [0.25, 0.3) is 0 Å². The van der Waals surface area contributed by atoms with Gasteiger partial charge in [0, 0.05) is 18.8 Å². The highest BCUT2D eigenvalue weighted by atomic mass is 16.1. The maximum absolute atomic E-state index is 11.6. The van der Waals surface area contributed by atoms with Gasteiger partial charge < -0.3 is 0 Å². The Kier molecular flexibility index (Phi) is 2.93. The summed E-state index contributed by atoms with van der Waals surface area (Å²) in [6, 6.07) is 11.6. The second-order valence-corrected chi connectivity index (χ2v) is 3.40. The summed E-state index contributed by atoms with van der Waals surface area (Å²) >= 11 is 0. The Morgan fingerprint density at radius 3 is 2.67 bits per heavy atom. The number of hydrogen-bond donors (Lipinski definition) is 0. The maximum Gasteiger partial charge on any atom is 0.158 e. The highest BCUT2D eigenvalue weighted by Gasteiger charge is 2.03. The van der Waals surface area contributed by atoms with Crippen molar-refractivity contribution in [1.82, 2.24) is 9.78 Å². The normalized spacial score (nSPS) is 10.1. The number of ketones is 1. The lowest BCUT2D eigenvalue weighted by Gasteiger charge is -2.01. The van der Waals surface area contributed by atoms with Crippen LogP contribution in [0.15, 0.2) is 48.8 Å². The van der Waals surface area contributed by atoms with E-state index in [1.165, 1.54) is 0 Å². The zero-order valence-electron chi connectivity index (χ0n) is 8.34. The van der Waals surface area contributed by atoms with E-state index in [0.29, 0.717) is 13.0 Å². The van der Waals surface area contributed by atoms with E-state index in [0.717, 1.165) is 5.56 Å². The molecule has 3 nitrogen and oxygen atoms in total. The van der Waals surface area contributed by atoms with Crippen molar-refractivity contribution in [3.05, 3.63) is 54.4 Å². The van der Waals surface area contributed by atoms with Crippen molar-refractivity contribution < 1.29 is 4.79 Å². The van der Waals surface area contributed by atoms with E-state index in [1.807, 2.05) is 36.4 Å². The Balaban J connectivity index is 1.94. The maximum atomic E-state index is 11.6. The monoisotopic (exact) mass is 200 g/mol. The highest BCUT2D eigenvalue weighted by molar-refractivity contribution is 5.80. The average Bonchev–Trinajstić information content (AvgIpc) is 2.71. The van der Waals surface area contributed by atoms with Gasteiger partial charge in [0.05, 0.1) is 6.54 Å². The predicted octanol–water partition coefficient (Wildman–Crippen LogP) is 1.69. The van der Waals surface area contributed by atoms with E-state index in [2.05, 4.69) is 5.10 Å². The Hall–Kier alpha value is -1.90. The number of benzene rings is 1. The number of rotatable bonds is 4. The summed E-state index contributed by atoms with van der Waals surface area (Å²) in [5.41, 5.74) is 1.05. The first-order valence-corrected chi connectivity index (χ1v) is 4.87. The molecule has 0 unspecified atom stereocenters. The van der Waals surface area contributed by atoms with Crippen molar-refractivity contribution in [1.29, 1.82) is 0 Å². The fourth-order valence-electron chi connectivity index (χ4n) is 1.45. The van der Waals surface area contributed by atoms with Gasteiger partial charge in [-0.15, -0.1) is 0 Å². The number of hydrogen-bond acceptors (Lipinski definition) is 2. The van der Waals surface area contributed by atoms with Crippen LogP contribution in [-0.2, 0) is 17.8 Å². The summed E-state index contributed by atoms with van der Waals surface area (Å²) in [4.78, 5) is 11.6. The number of carbonyl (C=O) groups excluding carboxylic acids is 1. The van der Waals surface area contributed by atoms with Gasteiger partial charge in [0.1, 0.15) is 0 Å². The largest absolute Gasteiger partial charge is 0.297 e. The number of Topliss-reactive ketones (excluding diaryl/α,β-unsaturated/α-hetero) is 1. The lowest BCUT2D eigenvalue weighted by molar-refractivity contribution is -0.119. The van der Waals surface area contributed by atoms with Gasteiger partial charge >= 0.3 is 0 Å². The number of nitrogens with zero attached hydrogens (tertiary/aromatic N) is 2. The molecule has 1 aromatic carbocycles. The second-order valence-electron chi connectivity index (χ2n) is 3.40. The summed E-state index contributed by atoms with van der Waals surface area (Å²) < 4.78 is 1.64. The molecule has 76 valence electrons. The third-order valence-corrected chi connectivity index (χ3v) is 2.14. The summed E-state index contributed by atoms with van der Waals surface area (Å²) in [6.07, 6.45) is 3.94. The molecule has 2 rings (SSSR count). The van der Waals surface area contributed by atoms with Gasteiger partial charge in [-0.05, 0) is 11.6 Å². The molecule has 0 saturated carbocycles. The zero-order chi connectivity index (χ0) is 10.5. The van der Waals surface area contributed by atoms with Gasteiger partial charge in [-0.2, -0.15) is 5.10 Å². The van der Waals surface area contributed by atoms with Crippen LogP contribution in [0.3, 0.4) is 0 Å². The predicted molar refractivity (Wildman–Crippen MR) is 57.4 cm³/mol. The molecule has 1 aromatic heterocycles. The molecule has 0 fully saturated rings. The van der Waals surface area contributed by atoms with Crippen LogP contribution in [0, 0.1) is 0 Å². The summed E-state index contributed by atoms with van der Waals surface area (Å²) in [5, 5.41) is 3.99. The third-order valence-electron chi connectivity index (χ3n) is 2.14. The Morgan fingerprint density at radius 1 is 1.20 bits per heavy atom. The standard InChI is InChI=1S/C12H12N2O/c15-12(10-14-8-4-7-13-14)9-11-5-2-1-3-6-11/h1-8H,9-10H2. The number of carbonyl (C=O) groups is 1. The summed E-state index contributed by atoms with van der Waals surface area (Å²) in [6.45, 7) is 0.349.